The molecule has 19 heavy (non-hydrogen) atoms. The molecule has 0 amide bonds. The highest BCUT2D eigenvalue weighted by Crippen LogP contribution is 2.41. The molecule has 3 nitrogen and oxygen atoms in total. The highest BCUT2D eigenvalue weighted by molar-refractivity contribution is 4.97. The Labute approximate surface area is 116 Å². The van der Waals surface area contributed by atoms with Crippen LogP contribution in [0.4, 0.5) is 0 Å². The lowest BCUT2D eigenvalue weighted by molar-refractivity contribution is 0.192. The molecule has 3 atom stereocenters. The molecule has 1 aromatic rings. The second kappa shape index (κ2) is 5.58. The SMILES string of the molecule is CC(C)N1C[C@H]2CCC[C@H](Cc3ncccn3)[C@H]2C1. The first-order chi connectivity index (χ1) is 9.24. The van der Waals surface area contributed by atoms with E-state index in [1.54, 1.807) is 0 Å². The van der Waals surface area contributed by atoms with Crippen LogP contribution in [0.15, 0.2) is 18.5 Å². The quantitative estimate of drug-likeness (QED) is 0.836. The Hall–Kier alpha value is -0.960. The summed E-state index contributed by atoms with van der Waals surface area (Å²) in [6.07, 6.45) is 9.01. The molecule has 0 spiro atoms. The van der Waals surface area contributed by atoms with Gasteiger partial charge in [-0.05, 0) is 50.5 Å². The second-order valence-corrected chi connectivity index (χ2v) is 6.53. The Morgan fingerprint density at radius 3 is 2.74 bits per heavy atom. The zero-order chi connectivity index (χ0) is 13.2. The normalized spacial score (nSPS) is 31.6. The van der Waals surface area contributed by atoms with Crippen molar-refractivity contribution in [3.8, 4) is 0 Å². The highest BCUT2D eigenvalue weighted by Gasteiger charge is 2.40. The molecule has 0 aromatic carbocycles. The summed E-state index contributed by atoms with van der Waals surface area (Å²) in [5, 5.41) is 0. The lowest BCUT2D eigenvalue weighted by atomic mass is 9.72. The van der Waals surface area contributed by atoms with Gasteiger partial charge in [0.15, 0.2) is 0 Å². The van der Waals surface area contributed by atoms with E-state index in [1.807, 2.05) is 18.5 Å². The zero-order valence-electron chi connectivity index (χ0n) is 12.1. The lowest BCUT2D eigenvalue weighted by Gasteiger charge is -2.32. The molecule has 0 radical (unpaired) electrons. The van der Waals surface area contributed by atoms with E-state index in [1.165, 1.54) is 32.4 Å². The number of rotatable bonds is 3. The van der Waals surface area contributed by atoms with Gasteiger partial charge in [0.05, 0.1) is 0 Å². The number of aromatic nitrogens is 2. The molecule has 0 N–H and O–H groups in total. The molecular formula is C16H25N3. The third-order valence-corrected chi connectivity index (χ3v) is 5.07. The summed E-state index contributed by atoms with van der Waals surface area (Å²) in [5.41, 5.74) is 0. The van der Waals surface area contributed by atoms with Crippen LogP contribution in [-0.4, -0.2) is 34.0 Å². The van der Waals surface area contributed by atoms with Crippen molar-refractivity contribution in [2.24, 2.45) is 17.8 Å². The van der Waals surface area contributed by atoms with Crippen LogP contribution in [0, 0.1) is 17.8 Å². The van der Waals surface area contributed by atoms with E-state index >= 15 is 0 Å². The van der Waals surface area contributed by atoms with E-state index in [9.17, 15) is 0 Å². The first-order valence-corrected chi connectivity index (χ1v) is 7.74. The minimum Gasteiger partial charge on any atom is -0.300 e. The van der Waals surface area contributed by atoms with Gasteiger partial charge in [-0.1, -0.05) is 6.42 Å². The molecule has 0 bridgehead atoms. The van der Waals surface area contributed by atoms with Gasteiger partial charge in [0.2, 0.25) is 0 Å². The van der Waals surface area contributed by atoms with Gasteiger partial charge in [-0.15, -0.1) is 0 Å². The predicted octanol–water partition coefficient (Wildman–Crippen LogP) is 2.78. The van der Waals surface area contributed by atoms with Gasteiger partial charge in [0.1, 0.15) is 5.82 Å². The van der Waals surface area contributed by atoms with Gasteiger partial charge >= 0.3 is 0 Å². The van der Waals surface area contributed by atoms with Crippen LogP contribution in [0.1, 0.15) is 38.9 Å². The molecule has 1 aliphatic carbocycles. The van der Waals surface area contributed by atoms with Gasteiger partial charge in [-0.25, -0.2) is 9.97 Å². The van der Waals surface area contributed by atoms with Crippen LogP contribution in [-0.2, 0) is 6.42 Å². The van der Waals surface area contributed by atoms with Gasteiger partial charge < -0.3 is 4.90 Å². The van der Waals surface area contributed by atoms with E-state index in [4.69, 9.17) is 0 Å². The van der Waals surface area contributed by atoms with Gasteiger partial charge in [0, 0.05) is 37.9 Å². The van der Waals surface area contributed by atoms with Gasteiger partial charge in [-0.2, -0.15) is 0 Å². The van der Waals surface area contributed by atoms with Crippen LogP contribution in [0.3, 0.4) is 0 Å². The largest absolute Gasteiger partial charge is 0.300 e. The number of hydrogen-bond donors (Lipinski definition) is 0. The molecule has 104 valence electrons. The van der Waals surface area contributed by atoms with E-state index in [2.05, 4.69) is 28.7 Å². The fourth-order valence-corrected chi connectivity index (χ4v) is 3.97. The third-order valence-electron chi connectivity index (χ3n) is 5.07. The summed E-state index contributed by atoms with van der Waals surface area (Å²) in [7, 11) is 0. The van der Waals surface area contributed by atoms with Crippen LogP contribution in [0.2, 0.25) is 0 Å². The number of hydrogen-bond acceptors (Lipinski definition) is 3. The number of likely N-dealkylation sites (tertiary alicyclic amines) is 1. The Balaban J connectivity index is 1.69. The summed E-state index contributed by atoms with van der Waals surface area (Å²) in [6, 6.07) is 2.60. The highest BCUT2D eigenvalue weighted by atomic mass is 15.2. The molecule has 1 aromatic heterocycles. The van der Waals surface area contributed by atoms with E-state index in [-0.39, 0.29) is 0 Å². The Bertz CT molecular complexity index is 404. The molecule has 2 heterocycles. The summed E-state index contributed by atoms with van der Waals surface area (Å²) < 4.78 is 0. The zero-order valence-corrected chi connectivity index (χ0v) is 12.1. The fraction of sp³-hybridized carbons (Fsp3) is 0.750. The van der Waals surface area contributed by atoms with Crippen molar-refractivity contribution in [1.82, 2.24) is 14.9 Å². The minimum atomic E-state index is 0.694. The maximum absolute atomic E-state index is 4.42. The van der Waals surface area contributed by atoms with E-state index < -0.39 is 0 Å². The number of nitrogens with zero attached hydrogens (tertiary/aromatic N) is 3. The topological polar surface area (TPSA) is 29.0 Å². The summed E-state index contributed by atoms with van der Waals surface area (Å²) in [5.74, 6) is 3.63. The lowest BCUT2D eigenvalue weighted by Crippen LogP contribution is -2.30. The molecule has 3 rings (SSSR count). The maximum atomic E-state index is 4.42. The molecule has 2 aliphatic rings. The fourth-order valence-electron chi connectivity index (χ4n) is 3.97. The third kappa shape index (κ3) is 2.81. The molecule has 2 fully saturated rings. The summed E-state index contributed by atoms with van der Waals surface area (Å²) in [6.45, 7) is 7.26. The second-order valence-electron chi connectivity index (χ2n) is 6.53. The predicted molar refractivity (Wildman–Crippen MR) is 76.8 cm³/mol. The molecule has 1 aliphatic heterocycles. The minimum absolute atomic E-state index is 0.694. The van der Waals surface area contributed by atoms with Gasteiger partial charge in [-0.3, -0.25) is 0 Å². The first-order valence-electron chi connectivity index (χ1n) is 7.74. The summed E-state index contributed by atoms with van der Waals surface area (Å²) >= 11 is 0. The van der Waals surface area contributed by atoms with Crippen LogP contribution in [0.25, 0.3) is 0 Å². The Kier molecular flexibility index (Phi) is 3.83. The molecule has 1 saturated heterocycles. The van der Waals surface area contributed by atoms with Crippen molar-refractivity contribution >= 4 is 0 Å². The van der Waals surface area contributed by atoms with Crippen LogP contribution >= 0.6 is 0 Å². The van der Waals surface area contributed by atoms with Crippen molar-refractivity contribution in [3.63, 3.8) is 0 Å². The molecule has 3 heteroatoms. The molecule has 1 saturated carbocycles. The van der Waals surface area contributed by atoms with Crippen LogP contribution < -0.4 is 0 Å². The maximum Gasteiger partial charge on any atom is 0.128 e. The van der Waals surface area contributed by atoms with Crippen molar-refractivity contribution in [3.05, 3.63) is 24.3 Å². The Morgan fingerprint density at radius 1 is 1.21 bits per heavy atom. The summed E-state index contributed by atoms with van der Waals surface area (Å²) in [4.78, 5) is 11.5. The smallest absolute Gasteiger partial charge is 0.128 e. The first kappa shape index (κ1) is 13.0. The van der Waals surface area contributed by atoms with E-state index in [0.29, 0.717) is 6.04 Å². The van der Waals surface area contributed by atoms with Gasteiger partial charge in [0.25, 0.3) is 0 Å². The van der Waals surface area contributed by atoms with E-state index in [0.717, 1.165) is 30.0 Å². The average molecular weight is 259 g/mol. The van der Waals surface area contributed by atoms with Crippen molar-refractivity contribution in [2.45, 2.75) is 45.6 Å². The molecule has 0 unspecified atom stereocenters. The standard InChI is InChI=1S/C16H25N3/c1-12(2)19-10-14-6-3-5-13(15(14)11-19)9-16-17-7-4-8-18-16/h4,7-8,12-15H,3,5-6,9-11H2,1-2H3/t13-,14-,15-/m1/s1. The van der Waals surface area contributed by atoms with Crippen molar-refractivity contribution < 1.29 is 0 Å². The van der Waals surface area contributed by atoms with Crippen LogP contribution in [0.5, 0.6) is 0 Å². The van der Waals surface area contributed by atoms with Crippen molar-refractivity contribution in [1.29, 1.82) is 0 Å². The van der Waals surface area contributed by atoms with Crippen molar-refractivity contribution in [2.75, 3.05) is 13.1 Å². The Morgan fingerprint density at radius 2 is 2.00 bits per heavy atom. The average Bonchev–Trinajstić information content (AvgIpc) is 2.85. The molecular weight excluding hydrogens is 234 g/mol. The number of fused-ring (bicyclic) bond motifs is 1. The monoisotopic (exact) mass is 259 g/mol.